The third-order valence-electron chi connectivity index (χ3n) is 2.88. The molecule has 0 bridgehead atoms. The van der Waals surface area contributed by atoms with E-state index in [0.717, 1.165) is 0 Å². The standard InChI is InChI=1S/C11H14O4S/c1-15-9-3-2-4-10(7-9)16(13,14)11-5-8(12)6-11/h2-4,7-8,11-12H,5-6H2,1H3. The summed E-state index contributed by atoms with van der Waals surface area (Å²) < 4.78 is 29.1. The van der Waals surface area contributed by atoms with E-state index in [0.29, 0.717) is 18.6 Å². The molecule has 0 aromatic heterocycles. The first-order chi connectivity index (χ1) is 7.54. The number of aliphatic hydroxyl groups excluding tert-OH is 1. The first-order valence-corrected chi connectivity index (χ1v) is 6.64. The van der Waals surface area contributed by atoms with Crippen LogP contribution in [0.25, 0.3) is 0 Å². The van der Waals surface area contributed by atoms with Crippen molar-refractivity contribution in [1.82, 2.24) is 0 Å². The van der Waals surface area contributed by atoms with Gasteiger partial charge < -0.3 is 9.84 Å². The van der Waals surface area contributed by atoms with E-state index in [1.54, 1.807) is 18.2 Å². The van der Waals surface area contributed by atoms with Crippen molar-refractivity contribution < 1.29 is 18.3 Å². The van der Waals surface area contributed by atoms with Gasteiger partial charge in [-0.2, -0.15) is 0 Å². The van der Waals surface area contributed by atoms with Crippen molar-refractivity contribution in [3.8, 4) is 5.75 Å². The number of benzene rings is 1. The van der Waals surface area contributed by atoms with E-state index in [9.17, 15) is 8.42 Å². The molecule has 1 saturated carbocycles. The van der Waals surface area contributed by atoms with Crippen LogP contribution in [0.1, 0.15) is 12.8 Å². The second kappa shape index (κ2) is 4.07. The first-order valence-electron chi connectivity index (χ1n) is 5.10. The molecule has 0 amide bonds. The van der Waals surface area contributed by atoms with E-state index in [1.807, 2.05) is 0 Å². The van der Waals surface area contributed by atoms with Gasteiger partial charge in [0.25, 0.3) is 0 Å². The van der Waals surface area contributed by atoms with Crippen LogP contribution >= 0.6 is 0 Å². The lowest BCUT2D eigenvalue weighted by atomic mass is 9.96. The van der Waals surface area contributed by atoms with Crippen molar-refractivity contribution in [2.24, 2.45) is 0 Å². The molecular weight excluding hydrogens is 228 g/mol. The van der Waals surface area contributed by atoms with E-state index in [2.05, 4.69) is 0 Å². The Bertz CT molecular complexity index is 475. The van der Waals surface area contributed by atoms with Crippen molar-refractivity contribution in [2.45, 2.75) is 29.1 Å². The second-order valence-electron chi connectivity index (χ2n) is 3.97. The number of methoxy groups -OCH3 is 1. The summed E-state index contributed by atoms with van der Waals surface area (Å²) in [7, 11) is -1.81. The molecule has 0 spiro atoms. The summed E-state index contributed by atoms with van der Waals surface area (Å²) in [5, 5.41) is 8.69. The van der Waals surface area contributed by atoms with Crippen LogP contribution in [0.3, 0.4) is 0 Å². The lowest BCUT2D eigenvalue weighted by Gasteiger charge is -2.30. The first kappa shape index (κ1) is 11.4. The van der Waals surface area contributed by atoms with Gasteiger partial charge in [0.2, 0.25) is 0 Å². The van der Waals surface area contributed by atoms with Crippen LogP contribution in [-0.2, 0) is 9.84 Å². The fraction of sp³-hybridized carbons (Fsp3) is 0.455. The van der Waals surface area contributed by atoms with Crippen LogP contribution < -0.4 is 4.74 Å². The highest BCUT2D eigenvalue weighted by atomic mass is 32.2. The number of aliphatic hydroxyl groups is 1. The SMILES string of the molecule is COc1cccc(S(=O)(=O)C2CC(O)C2)c1. The summed E-state index contributed by atoms with van der Waals surface area (Å²) in [4.78, 5) is 0.267. The Hall–Kier alpha value is -1.07. The molecule has 1 fully saturated rings. The second-order valence-corrected chi connectivity index (χ2v) is 6.20. The zero-order valence-corrected chi connectivity index (χ0v) is 9.78. The van der Waals surface area contributed by atoms with Crippen LogP contribution in [-0.4, -0.2) is 32.0 Å². The highest BCUT2D eigenvalue weighted by molar-refractivity contribution is 7.92. The van der Waals surface area contributed by atoms with E-state index in [-0.39, 0.29) is 4.90 Å². The molecule has 0 saturated heterocycles. The quantitative estimate of drug-likeness (QED) is 0.858. The van der Waals surface area contributed by atoms with Crippen LogP contribution in [0.15, 0.2) is 29.2 Å². The van der Waals surface area contributed by atoms with Gasteiger partial charge in [0.1, 0.15) is 5.75 Å². The summed E-state index contributed by atoms with van der Waals surface area (Å²) in [6.45, 7) is 0. The number of sulfone groups is 1. The predicted octanol–water partition coefficient (Wildman–Crippen LogP) is 0.992. The fourth-order valence-corrected chi connectivity index (χ4v) is 3.65. The summed E-state index contributed by atoms with van der Waals surface area (Å²) >= 11 is 0. The number of ether oxygens (including phenoxy) is 1. The van der Waals surface area contributed by atoms with Crippen molar-refractivity contribution >= 4 is 9.84 Å². The Morgan fingerprint density at radius 3 is 2.62 bits per heavy atom. The van der Waals surface area contributed by atoms with Gasteiger partial charge in [0.15, 0.2) is 9.84 Å². The number of hydrogen-bond acceptors (Lipinski definition) is 4. The molecule has 1 aromatic carbocycles. The zero-order valence-electron chi connectivity index (χ0n) is 8.96. The Morgan fingerprint density at radius 2 is 2.06 bits per heavy atom. The van der Waals surface area contributed by atoms with E-state index in [4.69, 9.17) is 9.84 Å². The van der Waals surface area contributed by atoms with Crippen LogP contribution in [0.5, 0.6) is 5.75 Å². The van der Waals surface area contributed by atoms with Crippen molar-refractivity contribution in [3.63, 3.8) is 0 Å². The largest absolute Gasteiger partial charge is 0.497 e. The van der Waals surface area contributed by atoms with Gasteiger partial charge in [-0.1, -0.05) is 6.07 Å². The zero-order chi connectivity index (χ0) is 11.8. The van der Waals surface area contributed by atoms with E-state index >= 15 is 0 Å². The predicted molar refractivity (Wildman–Crippen MR) is 59.2 cm³/mol. The highest BCUT2D eigenvalue weighted by Crippen LogP contribution is 2.32. The fourth-order valence-electron chi connectivity index (χ4n) is 1.76. The van der Waals surface area contributed by atoms with Gasteiger partial charge in [0, 0.05) is 0 Å². The molecule has 5 heteroatoms. The molecule has 0 heterocycles. The molecular formula is C11H14O4S. The number of hydrogen-bond donors (Lipinski definition) is 1. The minimum Gasteiger partial charge on any atom is -0.497 e. The Kier molecular flexibility index (Phi) is 2.90. The van der Waals surface area contributed by atoms with E-state index < -0.39 is 21.2 Å². The van der Waals surface area contributed by atoms with Gasteiger partial charge >= 0.3 is 0 Å². The molecule has 4 nitrogen and oxygen atoms in total. The highest BCUT2D eigenvalue weighted by Gasteiger charge is 2.38. The summed E-state index contributed by atoms with van der Waals surface area (Å²) in [6.07, 6.45) is 0.199. The summed E-state index contributed by atoms with van der Waals surface area (Å²) in [5.41, 5.74) is 0. The van der Waals surface area contributed by atoms with Crippen LogP contribution in [0, 0.1) is 0 Å². The van der Waals surface area contributed by atoms with Crippen molar-refractivity contribution in [3.05, 3.63) is 24.3 Å². The lowest BCUT2D eigenvalue weighted by Crippen LogP contribution is -2.39. The topological polar surface area (TPSA) is 63.6 Å². The average Bonchev–Trinajstić information content (AvgIpc) is 2.25. The minimum atomic E-state index is -3.31. The maximum Gasteiger partial charge on any atom is 0.181 e. The van der Waals surface area contributed by atoms with Gasteiger partial charge in [0.05, 0.1) is 23.4 Å². The maximum absolute atomic E-state index is 12.1. The van der Waals surface area contributed by atoms with Crippen LogP contribution in [0.2, 0.25) is 0 Å². The van der Waals surface area contributed by atoms with Gasteiger partial charge in [-0.25, -0.2) is 8.42 Å². The minimum absolute atomic E-state index is 0.267. The molecule has 16 heavy (non-hydrogen) atoms. The smallest absolute Gasteiger partial charge is 0.181 e. The number of rotatable bonds is 3. The van der Waals surface area contributed by atoms with Crippen LogP contribution in [0.4, 0.5) is 0 Å². The molecule has 0 atom stereocenters. The average molecular weight is 242 g/mol. The molecule has 1 aliphatic carbocycles. The summed E-state index contributed by atoms with van der Waals surface area (Å²) in [6, 6.07) is 6.43. The lowest BCUT2D eigenvalue weighted by molar-refractivity contribution is 0.0977. The third kappa shape index (κ3) is 1.92. The van der Waals surface area contributed by atoms with E-state index in [1.165, 1.54) is 13.2 Å². The normalized spacial score (nSPS) is 24.9. The molecule has 0 aliphatic heterocycles. The molecule has 88 valence electrons. The molecule has 1 N–H and O–H groups in total. The molecule has 0 unspecified atom stereocenters. The molecule has 1 aromatic rings. The molecule has 0 radical (unpaired) electrons. The maximum atomic E-state index is 12.1. The Labute approximate surface area is 94.8 Å². The van der Waals surface area contributed by atoms with Gasteiger partial charge in [-0.3, -0.25) is 0 Å². The Morgan fingerprint density at radius 1 is 1.38 bits per heavy atom. The molecule has 2 rings (SSSR count). The Balaban J connectivity index is 2.29. The monoisotopic (exact) mass is 242 g/mol. The van der Waals surface area contributed by atoms with Crippen molar-refractivity contribution in [1.29, 1.82) is 0 Å². The third-order valence-corrected chi connectivity index (χ3v) is 5.05. The summed E-state index contributed by atoms with van der Waals surface area (Å²) in [5.74, 6) is 0.529. The molecule has 1 aliphatic rings. The van der Waals surface area contributed by atoms with Gasteiger partial charge in [-0.15, -0.1) is 0 Å². The van der Waals surface area contributed by atoms with Crippen molar-refractivity contribution in [2.75, 3.05) is 7.11 Å². The van der Waals surface area contributed by atoms with Gasteiger partial charge in [-0.05, 0) is 31.0 Å².